The molecule has 1 rings (SSSR count). The van der Waals surface area contributed by atoms with Crippen LogP contribution in [0.15, 0.2) is 22.9 Å². The summed E-state index contributed by atoms with van der Waals surface area (Å²) in [5, 5.41) is 9.01. The van der Waals surface area contributed by atoms with Gasteiger partial charge in [-0.05, 0) is 42.8 Å². The van der Waals surface area contributed by atoms with Gasteiger partial charge in [-0.25, -0.2) is 0 Å². The number of nitrogens with one attached hydrogen (secondary N) is 1. The summed E-state index contributed by atoms with van der Waals surface area (Å²) in [4.78, 5) is 0. The van der Waals surface area contributed by atoms with Crippen molar-refractivity contribution in [2.45, 2.75) is 58.4 Å². The lowest BCUT2D eigenvalue weighted by atomic mass is 10.1. The highest BCUT2D eigenvalue weighted by atomic mass is 28.3. The van der Waals surface area contributed by atoms with E-state index in [-0.39, 0.29) is 5.04 Å². The highest BCUT2D eigenvalue weighted by molar-refractivity contribution is 6.65. The molecule has 0 radical (unpaired) electrons. The van der Waals surface area contributed by atoms with E-state index in [1.807, 2.05) is 0 Å². The van der Waals surface area contributed by atoms with Crippen LogP contribution >= 0.6 is 0 Å². The average molecular weight is 251 g/mol. The van der Waals surface area contributed by atoms with Gasteiger partial charge in [-0.15, -0.1) is 0 Å². The van der Waals surface area contributed by atoms with Gasteiger partial charge in [0.15, 0.2) is 6.40 Å². The van der Waals surface area contributed by atoms with Crippen LogP contribution in [0.4, 0.5) is 0 Å². The number of allylic oxidation sites excluding steroid dienone is 4. The van der Waals surface area contributed by atoms with E-state index in [1.165, 1.54) is 10.8 Å². The van der Waals surface area contributed by atoms with Gasteiger partial charge in [-0.3, -0.25) is 5.41 Å². The molecule has 96 valence electrons. The van der Waals surface area contributed by atoms with Crippen LogP contribution in [0.1, 0.15) is 53.4 Å². The van der Waals surface area contributed by atoms with E-state index in [1.54, 1.807) is 0 Å². The van der Waals surface area contributed by atoms with Crippen LogP contribution < -0.4 is 0 Å². The molecule has 0 aromatic heterocycles. The van der Waals surface area contributed by atoms with Crippen LogP contribution in [-0.4, -0.2) is 15.4 Å². The second kappa shape index (κ2) is 6.19. The third-order valence-electron chi connectivity index (χ3n) is 4.18. The lowest BCUT2D eigenvalue weighted by molar-refractivity contribution is 0.463. The lowest BCUT2D eigenvalue weighted by Gasteiger charge is -2.35. The Bertz CT molecular complexity index is 329. The molecule has 0 saturated heterocycles. The van der Waals surface area contributed by atoms with Crippen molar-refractivity contribution in [2.24, 2.45) is 0 Å². The van der Waals surface area contributed by atoms with Gasteiger partial charge < -0.3 is 4.43 Å². The first-order valence-electron chi connectivity index (χ1n) is 6.58. The maximum absolute atomic E-state index is 7.27. The smallest absolute Gasteiger partial charge is 0.270 e. The van der Waals surface area contributed by atoms with Gasteiger partial charge >= 0.3 is 0 Å². The van der Waals surface area contributed by atoms with Gasteiger partial charge in [0, 0.05) is 0 Å². The molecule has 1 aliphatic rings. The summed E-state index contributed by atoms with van der Waals surface area (Å²) >= 11 is 0. The van der Waals surface area contributed by atoms with Gasteiger partial charge in [0.1, 0.15) is 0 Å². The first-order valence-corrected chi connectivity index (χ1v) is 8.20. The molecule has 0 aromatic rings. The second-order valence-corrected chi connectivity index (χ2v) is 8.42. The number of rotatable bonds is 6. The van der Waals surface area contributed by atoms with Crippen LogP contribution in [0.3, 0.4) is 0 Å². The zero-order valence-corrected chi connectivity index (χ0v) is 12.7. The first kappa shape index (κ1) is 14.2. The largest absolute Gasteiger partial charge is 0.534 e. The van der Waals surface area contributed by atoms with Crippen LogP contribution in [0.25, 0.3) is 0 Å². The third-order valence-corrected chi connectivity index (χ3v) is 7.82. The summed E-state index contributed by atoms with van der Waals surface area (Å²) in [7, 11) is -1.50. The summed E-state index contributed by atoms with van der Waals surface area (Å²) in [5.41, 5.74) is 1.45. The Morgan fingerprint density at radius 3 is 2.41 bits per heavy atom. The maximum atomic E-state index is 7.27. The summed E-state index contributed by atoms with van der Waals surface area (Å²) in [5.74, 6) is 0. The van der Waals surface area contributed by atoms with Crippen molar-refractivity contribution in [1.82, 2.24) is 0 Å². The molecular formula is C14H25NOSi. The zero-order chi connectivity index (χ0) is 12.9. The standard InChI is InChI=1S/C14H25NOSi/c1-5-14(4,6-2)17(16-11-15)13-9-7-12(3)8-10-13/h7,9,11,15,17H,5-6,8,10H2,1-4H3. The van der Waals surface area contributed by atoms with Gasteiger partial charge in [0.05, 0.1) is 0 Å². The van der Waals surface area contributed by atoms with E-state index < -0.39 is 9.04 Å². The molecule has 3 heteroatoms. The fraction of sp³-hybridized carbons (Fsp3) is 0.643. The van der Waals surface area contributed by atoms with Crippen LogP contribution in [-0.2, 0) is 4.43 Å². The minimum Gasteiger partial charge on any atom is -0.534 e. The van der Waals surface area contributed by atoms with E-state index in [0.717, 1.165) is 32.1 Å². The summed E-state index contributed by atoms with van der Waals surface area (Å²) in [6, 6.07) is 0. The molecule has 0 fully saturated rings. The molecule has 2 nitrogen and oxygen atoms in total. The van der Waals surface area contributed by atoms with E-state index in [4.69, 9.17) is 9.84 Å². The average Bonchev–Trinajstić information content (AvgIpc) is 2.36. The van der Waals surface area contributed by atoms with Crippen molar-refractivity contribution in [3.05, 3.63) is 22.9 Å². The Morgan fingerprint density at radius 2 is 2.00 bits per heavy atom. The Hall–Kier alpha value is -0.833. The van der Waals surface area contributed by atoms with Gasteiger partial charge in [0.2, 0.25) is 0 Å². The minimum atomic E-state index is -1.50. The Balaban J connectivity index is 2.96. The van der Waals surface area contributed by atoms with Gasteiger partial charge in [-0.2, -0.15) is 0 Å². The SMILES string of the molecule is CCC(C)(CC)[SiH](OC=N)C1=CC=C(C)CC1. The van der Waals surface area contributed by atoms with Crippen molar-refractivity contribution in [3.63, 3.8) is 0 Å². The second-order valence-electron chi connectivity index (χ2n) is 5.25. The summed E-state index contributed by atoms with van der Waals surface area (Å²) in [6.07, 6.45) is 10.2. The maximum Gasteiger partial charge on any atom is 0.270 e. The first-order chi connectivity index (χ1) is 8.07. The molecule has 0 amide bonds. The van der Waals surface area contributed by atoms with Gasteiger partial charge in [0.25, 0.3) is 9.04 Å². The van der Waals surface area contributed by atoms with Crippen LogP contribution in [0.5, 0.6) is 0 Å². The Morgan fingerprint density at radius 1 is 1.35 bits per heavy atom. The molecule has 0 heterocycles. The van der Waals surface area contributed by atoms with Crippen molar-refractivity contribution >= 4 is 15.4 Å². The van der Waals surface area contributed by atoms with E-state index in [9.17, 15) is 0 Å². The van der Waals surface area contributed by atoms with Crippen molar-refractivity contribution in [1.29, 1.82) is 5.41 Å². The fourth-order valence-corrected chi connectivity index (χ4v) is 5.32. The molecule has 0 bridgehead atoms. The molecule has 0 spiro atoms. The molecule has 1 N–H and O–H groups in total. The van der Waals surface area contributed by atoms with E-state index in [0.29, 0.717) is 0 Å². The number of hydrogen-bond acceptors (Lipinski definition) is 2. The van der Waals surface area contributed by atoms with E-state index >= 15 is 0 Å². The third kappa shape index (κ3) is 3.31. The monoisotopic (exact) mass is 251 g/mol. The van der Waals surface area contributed by atoms with Crippen molar-refractivity contribution < 1.29 is 4.43 Å². The molecule has 1 unspecified atom stereocenters. The molecule has 1 aliphatic carbocycles. The summed E-state index contributed by atoms with van der Waals surface area (Å²) < 4.78 is 5.75. The highest BCUT2D eigenvalue weighted by Crippen LogP contribution is 2.42. The Kier molecular flexibility index (Phi) is 5.19. The predicted octanol–water partition coefficient (Wildman–Crippen LogP) is 4.12. The molecule has 0 aliphatic heterocycles. The molecule has 0 saturated carbocycles. The summed E-state index contributed by atoms with van der Waals surface area (Å²) in [6.45, 7) is 8.97. The van der Waals surface area contributed by atoms with Crippen molar-refractivity contribution in [2.75, 3.05) is 0 Å². The predicted molar refractivity (Wildman–Crippen MR) is 77.0 cm³/mol. The van der Waals surface area contributed by atoms with E-state index in [2.05, 4.69) is 39.8 Å². The topological polar surface area (TPSA) is 33.1 Å². The molecule has 17 heavy (non-hydrogen) atoms. The van der Waals surface area contributed by atoms with Crippen molar-refractivity contribution in [3.8, 4) is 0 Å². The lowest BCUT2D eigenvalue weighted by Crippen LogP contribution is -2.35. The Labute approximate surface area is 107 Å². The van der Waals surface area contributed by atoms with Crippen LogP contribution in [0, 0.1) is 5.41 Å². The normalized spacial score (nSPS) is 18.1. The zero-order valence-electron chi connectivity index (χ0n) is 11.5. The minimum absolute atomic E-state index is 0.266. The fourth-order valence-electron chi connectivity index (χ4n) is 2.36. The quantitative estimate of drug-likeness (QED) is 0.430. The highest BCUT2D eigenvalue weighted by Gasteiger charge is 2.37. The van der Waals surface area contributed by atoms with Crippen LogP contribution in [0.2, 0.25) is 5.04 Å². The number of hydrogen-bond donors (Lipinski definition) is 1. The molecule has 0 aromatic carbocycles. The molecule has 1 atom stereocenters. The van der Waals surface area contributed by atoms with Gasteiger partial charge in [-0.1, -0.05) is 38.5 Å². The molecular weight excluding hydrogens is 226 g/mol.